The van der Waals surface area contributed by atoms with Crippen molar-refractivity contribution in [2.45, 2.75) is 64.2 Å². The molecule has 1 aromatic rings. The highest BCUT2D eigenvalue weighted by Gasteiger charge is 2.30. The van der Waals surface area contributed by atoms with E-state index < -0.39 is 11.6 Å². The minimum atomic E-state index is -0.652. The number of hydrogen-bond acceptors (Lipinski definition) is 1. The fraction of sp³-hybridized carbons (Fsp3) is 0.591. The van der Waals surface area contributed by atoms with E-state index >= 15 is 0 Å². The first-order chi connectivity index (χ1) is 12.1. The first-order valence-corrected chi connectivity index (χ1v) is 9.47. The van der Waals surface area contributed by atoms with Gasteiger partial charge in [-0.1, -0.05) is 19.8 Å². The van der Waals surface area contributed by atoms with Crippen molar-refractivity contribution in [1.29, 1.82) is 5.26 Å². The quantitative estimate of drug-likeness (QED) is 0.611. The van der Waals surface area contributed by atoms with E-state index in [9.17, 15) is 8.78 Å². The molecule has 1 nitrogen and oxygen atoms in total. The van der Waals surface area contributed by atoms with Crippen LogP contribution in [-0.2, 0) is 0 Å². The molecule has 0 radical (unpaired) electrons. The lowest BCUT2D eigenvalue weighted by atomic mass is 9.68. The van der Waals surface area contributed by atoms with Crippen LogP contribution in [0.15, 0.2) is 12.1 Å². The van der Waals surface area contributed by atoms with E-state index in [-0.39, 0.29) is 11.5 Å². The summed E-state index contributed by atoms with van der Waals surface area (Å²) in [5.41, 5.74) is 0.448. The maximum atomic E-state index is 14.1. The number of halogens is 2. The molecule has 0 atom stereocenters. The van der Waals surface area contributed by atoms with Crippen LogP contribution < -0.4 is 0 Å². The predicted octanol–water partition coefficient (Wildman–Crippen LogP) is 5.94. The number of benzene rings is 1. The summed E-state index contributed by atoms with van der Waals surface area (Å²) >= 11 is 0. The summed E-state index contributed by atoms with van der Waals surface area (Å²) < 4.78 is 28.3. The lowest BCUT2D eigenvalue weighted by Gasteiger charge is -2.37. The average molecular weight is 341 g/mol. The van der Waals surface area contributed by atoms with Crippen molar-refractivity contribution in [2.75, 3.05) is 0 Å². The van der Waals surface area contributed by atoms with Gasteiger partial charge in [0.25, 0.3) is 0 Å². The zero-order valence-corrected chi connectivity index (χ0v) is 14.8. The highest BCUT2D eigenvalue weighted by atomic mass is 19.1. The first kappa shape index (κ1) is 17.9. The van der Waals surface area contributed by atoms with Gasteiger partial charge in [0.15, 0.2) is 6.07 Å². The molecule has 0 aliphatic heterocycles. The predicted molar refractivity (Wildman–Crippen MR) is 94.7 cm³/mol. The van der Waals surface area contributed by atoms with Crippen molar-refractivity contribution in [3.8, 4) is 17.9 Å². The first-order valence-electron chi connectivity index (χ1n) is 9.47. The Morgan fingerprint density at radius 2 is 1.40 bits per heavy atom. The Morgan fingerprint density at radius 1 is 0.880 bits per heavy atom. The lowest BCUT2D eigenvalue weighted by Crippen LogP contribution is -2.24. The van der Waals surface area contributed by atoms with Crippen LogP contribution in [0.3, 0.4) is 0 Å². The van der Waals surface area contributed by atoms with Gasteiger partial charge in [0, 0.05) is 5.92 Å². The minimum absolute atomic E-state index is 0.237. The third-order valence-corrected chi connectivity index (χ3v) is 6.28. The van der Waals surface area contributed by atoms with E-state index in [4.69, 9.17) is 5.26 Å². The number of nitriles is 1. The standard InChI is InChI=1S/C22H25F2N/c1-15-4-6-16(7-5-15)17-8-10-18(11-9-17)19-13-21(23)20(3-2-12-25)22(24)14-19/h13-18H,4-11H2,1H3. The lowest BCUT2D eigenvalue weighted by molar-refractivity contribution is 0.165. The fourth-order valence-electron chi connectivity index (χ4n) is 4.72. The molecular weight excluding hydrogens is 316 g/mol. The van der Waals surface area contributed by atoms with E-state index in [2.05, 4.69) is 18.8 Å². The van der Waals surface area contributed by atoms with E-state index in [1.54, 1.807) is 6.07 Å². The summed E-state index contributed by atoms with van der Waals surface area (Å²) in [7, 11) is 0. The summed E-state index contributed by atoms with van der Waals surface area (Å²) in [6.07, 6.45) is 9.78. The van der Waals surface area contributed by atoms with Gasteiger partial charge in [-0.25, -0.2) is 8.78 Å². The summed E-state index contributed by atoms with van der Waals surface area (Å²) in [5.74, 6) is 5.78. The van der Waals surface area contributed by atoms with Crippen LogP contribution in [0, 0.1) is 52.6 Å². The zero-order valence-electron chi connectivity index (χ0n) is 14.8. The summed E-state index contributed by atoms with van der Waals surface area (Å²) in [6.45, 7) is 2.35. The van der Waals surface area contributed by atoms with Crippen molar-refractivity contribution >= 4 is 0 Å². The largest absolute Gasteiger partial charge is 0.206 e. The molecule has 2 aliphatic carbocycles. The number of hydrogen-bond donors (Lipinski definition) is 0. The molecule has 2 saturated carbocycles. The Hall–Kier alpha value is -1.87. The van der Waals surface area contributed by atoms with Gasteiger partial charge in [0.2, 0.25) is 0 Å². The Kier molecular flexibility index (Phi) is 5.74. The maximum Gasteiger partial charge on any atom is 0.152 e. The minimum Gasteiger partial charge on any atom is -0.206 e. The van der Waals surface area contributed by atoms with Crippen LogP contribution in [0.4, 0.5) is 8.78 Å². The van der Waals surface area contributed by atoms with Crippen LogP contribution in [-0.4, -0.2) is 0 Å². The van der Waals surface area contributed by atoms with Crippen LogP contribution in [0.2, 0.25) is 0 Å². The molecule has 2 aliphatic rings. The molecular formula is C22H25F2N. The van der Waals surface area contributed by atoms with Crippen LogP contribution in [0.5, 0.6) is 0 Å². The molecule has 1 aromatic carbocycles. The SMILES string of the molecule is CC1CCC(C2CCC(c3cc(F)c(C#CC#N)c(F)c3)CC2)CC1. The summed E-state index contributed by atoms with van der Waals surface area (Å²) in [5, 5.41) is 8.45. The third kappa shape index (κ3) is 4.21. The summed E-state index contributed by atoms with van der Waals surface area (Å²) in [6, 6.07) is 4.42. The normalized spacial score (nSPS) is 29.4. The number of nitrogens with zero attached hydrogens (tertiary/aromatic N) is 1. The van der Waals surface area contributed by atoms with Crippen LogP contribution in [0.25, 0.3) is 0 Å². The second-order valence-electron chi connectivity index (χ2n) is 7.85. The van der Waals surface area contributed by atoms with Crippen molar-refractivity contribution in [2.24, 2.45) is 17.8 Å². The van der Waals surface area contributed by atoms with Gasteiger partial charge >= 0.3 is 0 Å². The Balaban J connectivity index is 1.64. The molecule has 0 unspecified atom stereocenters. The summed E-state index contributed by atoms with van der Waals surface area (Å²) in [4.78, 5) is 0. The van der Waals surface area contributed by atoms with Gasteiger partial charge in [-0.3, -0.25) is 0 Å². The highest BCUT2D eigenvalue weighted by Crippen LogP contribution is 2.44. The number of rotatable bonds is 2. The van der Waals surface area contributed by atoms with Crippen molar-refractivity contribution in [3.63, 3.8) is 0 Å². The monoisotopic (exact) mass is 341 g/mol. The zero-order chi connectivity index (χ0) is 17.8. The molecule has 132 valence electrons. The molecule has 0 bridgehead atoms. The second-order valence-corrected chi connectivity index (χ2v) is 7.85. The van der Waals surface area contributed by atoms with Crippen LogP contribution in [0.1, 0.15) is 75.3 Å². The van der Waals surface area contributed by atoms with E-state index in [1.807, 2.05) is 0 Å². The highest BCUT2D eigenvalue weighted by molar-refractivity contribution is 5.42. The molecule has 0 saturated heterocycles. The van der Waals surface area contributed by atoms with Gasteiger partial charge in [0.05, 0.1) is 5.56 Å². The molecule has 3 heteroatoms. The maximum absolute atomic E-state index is 14.1. The van der Waals surface area contributed by atoms with Crippen LogP contribution >= 0.6 is 0 Å². The van der Waals surface area contributed by atoms with Gasteiger partial charge in [-0.15, -0.1) is 0 Å². The van der Waals surface area contributed by atoms with Gasteiger partial charge < -0.3 is 0 Å². The van der Waals surface area contributed by atoms with Gasteiger partial charge in [-0.2, -0.15) is 5.26 Å². The van der Waals surface area contributed by atoms with E-state index in [1.165, 1.54) is 50.7 Å². The smallest absolute Gasteiger partial charge is 0.152 e. The van der Waals surface area contributed by atoms with E-state index in [0.717, 1.165) is 36.2 Å². The molecule has 0 N–H and O–H groups in total. The third-order valence-electron chi connectivity index (χ3n) is 6.28. The Labute approximate surface area is 149 Å². The van der Waals surface area contributed by atoms with Gasteiger partial charge in [-0.05, 0) is 85.8 Å². The average Bonchev–Trinajstić information content (AvgIpc) is 2.62. The molecule has 25 heavy (non-hydrogen) atoms. The Bertz CT molecular complexity index is 683. The second kappa shape index (κ2) is 8.01. The van der Waals surface area contributed by atoms with Crippen molar-refractivity contribution < 1.29 is 8.78 Å². The molecule has 0 heterocycles. The van der Waals surface area contributed by atoms with E-state index in [0.29, 0.717) is 0 Å². The molecule has 0 spiro atoms. The molecule has 0 amide bonds. The molecule has 3 rings (SSSR count). The van der Waals surface area contributed by atoms with Crippen molar-refractivity contribution in [1.82, 2.24) is 0 Å². The van der Waals surface area contributed by atoms with Crippen molar-refractivity contribution in [3.05, 3.63) is 34.9 Å². The Morgan fingerprint density at radius 3 is 1.92 bits per heavy atom. The fourth-order valence-corrected chi connectivity index (χ4v) is 4.72. The molecule has 2 fully saturated rings. The molecule has 0 aromatic heterocycles. The topological polar surface area (TPSA) is 23.8 Å². The van der Waals surface area contributed by atoms with Gasteiger partial charge in [0.1, 0.15) is 11.6 Å².